The van der Waals surface area contributed by atoms with Crippen LogP contribution in [-0.4, -0.2) is 8.07 Å². The number of anilines is 1. The Hall–Kier alpha value is -1.61. The van der Waals surface area contributed by atoms with Crippen molar-refractivity contribution in [2.75, 3.05) is 5.32 Å². The first-order chi connectivity index (χ1) is 8.97. The van der Waals surface area contributed by atoms with Crippen LogP contribution < -0.4 is 10.5 Å². The molecule has 2 aromatic carbocycles. The summed E-state index contributed by atoms with van der Waals surface area (Å²) in [5, 5.41) is 4.57. The van der Waals surface area contributed by atoms with Gasteiger partial charge >= 0.3 is 0 Å². The van der Waals surface area contributed by atoms with E-state index < -0.39 is 8.07 Å². The molecule has 19 heavy (non-hydrogen) atoms. The fourth-order valence-electron chi connectivity index (χ4n) is 1.92. The summed E-state index contributed by atoms with van der Waals surface area (Å²) in [5.74, 6) is -0.207. The molecule has 0 aliphatic carbocycles. The van der Waals surface area contributed by atoms with Gasteiger partial charge in [0.25, 0.3) is 0 Å². The minimum absolute atomic E-state index is 0.207. The van der Waals surface area contributed by atoms with Gasteiger partial charge in [0, 0.05) is 6.54 Å². The van der Waals surface area contributed by atoms with Crippen LogP contribution in [0.15, 0.2) is 48.5 Å². The number of hydrogen-bond donors (Lipinski definition) is 1. The molecule has 1 nitrogen and oxygen atoms in total. The highest BCUT2D eigenvalue weighted by Crippen LogP contribution is 2.14. The minimum atomic E-state index is -1.23. The summed E-state index contributed by atoms with van der Waals surface area (Å²) in [6.45, 7) is 7.64. The Balaban J connectivity index is 2.03. The summed E-state index contributed by atoms with van der Waals surface area (Å²) in [5.41, 5.74) is 1.72. The second kappa shape index (κ2) is 5.57. The van der Waals surface area contributed by atoms with E-state index >= 15 is 0 Å². The summed E-state index contributed by atoms with van der Waals surface area (Å²) in [7, 11) is -1.23. The summed E-state index contributed by atoms with van der Waals surface area (Å²) in [4.78, 5) is 0. The molecule has 0 saturated heterocycles. The van der Waals surface area contributed by atoms with Gasteiger partial charge in [0.15, 0.2) is 0 Å². The summed E-state index contributed by atoms with van der Waals surface area (Å²) in [6, 6.07) is 15.4. The number of benzene rings is 2. The molecular formula is C16H20FNSi. The molecule has 0 bridgehead atoms. The van der Waals surface area contributed by atoms with E-state index in [1.807, 2.05) is 6.07 Å². The van der Waals surface area contributed by atoms with E-state index in [0.717, 1.165) is 0 Å². The second-order valence-electron chi connectivity index (χ2n) is 5.78. The smallest absolute Gasteiger partial charge is 0.146 e. The fraction of sp³-hybridized carbons (Fsp3) is 0.250. The molecule has 3 heteroatoms. The lowest BCUT2D eigenvalue weighted by Gasteiger charge is -2.17. The first-order valence-corrected chi connectivity index (χ1v) is 10.0. The average molecular weight is 273 g/mol. The van der Waals surface area contributed by atoms with Gasteiger partial charge in [0.1, 0.15) is 5.82 Å². The zero-order chi connectivity index (χ0) is 13.9. The van der Waals surface area contributed by atoms with Crippen molar-refractivity contribution in [3.63, 3.8) is 0 Å². The van der Waals surface area contributed by atoms with Crippen LogP contribution in [0.4, 0.5) is 10.1 Å². The minimum Gasteiger partial charge on any atom is -0.379 e. The van der Waals surface area contributed by atoms with Crippen LogP contribution in [0, 0.1) is 5.82 Å². The van der Waals surface area contributed by atoms with Crippen molar-refractivity contribution in [2.24, 2.45) is 0 Å². The quantitative estimate of drug-likeness (QED) is 0.831. The van der Waals surface area contributed by atoms with Crippen LogP contribution >= 0.6 is 0 Å². The third-order valence-corrected chi connectivity index (χ3v) is 5.24. The number of hydrogen-bond acceptors (Lipinski definition) is 1. The first kappa shape index (κ1) is 13.8. The Morgan fingerprint density at radius 1 is 0.947 bits per heavy atom. The number of rotatable bonds is 4. The van der Waals surface area contributed by atoms with E-state index in [-0.39, 0.29) is 5.82 Å². The van der Waals surface area contributed by atoms with Gasteiger partial charge in [0.05, 0.1) is 13.8 Å². The van der Waals surface area contributed by atoms with E-state index in [1.54, 1.807) is 12.1 Å². The van der Waals surface area contributed by atoms with Crippen LogP contribution in [0.25, 0.3) is 0 Å². The van der Waals surface area contributed by atoms with Gasteiger partial charge < -0.3 is 5.32 Å². The van der Waals surface area contributed by atoms with Crippen molar-refractivity contribution in [3.05, 3.63) is 59.9 Å². The second-order valence-corrected chi connectivity index (χ2v) is 10.9. The highest BCUT2D eigenvalue weighted by atomic mass is 28.3. The molecule has 0 saturated carbocycles. The van der Waals surface area contributed by atoms with Crippen molar-refractivity contribution in [1.82, 2.24) is 0 Å². The van der Waals surface area contributed by atoms with Gasteiger partial charge in [-0.3, -0.25) is 0 Å². The maximum absolute atomic E-state index is 13.5. The topological polar surface area (TPSA) is 12.0 Å². The van der Waals surface area contributed by atoms with Crippen LogP contribution in [0.3, 0.4) is 0 Å². The average Bonchev–Trinajstić information content (AvgIpc) is 2.37. The van der Waals surface area contributed by atoms with Gasteiger partial charge in [-0.1, -0.05) is 61.2 Å². The van der Waals surface area contributed by atoms with Gasteiger partial charge in [0.2, 0.25) is 0 Å². The molecular weight excluding hydrogens is 253 g/mol. The Morgan fingerprint density at radius 3 is 2.16 bits per heavy atom. The van der Waals surface area contributed by atoms with Crippen molar-refractivity contribution in [1.29, 1.82) is 0 Å². The van der Waals surface area contributed by atoms with Crippen LogP contribution in [0.1, 0.15) is 5.56 Å². The van der Waals surface area contributed by atoms with Crippen molar-refractivity contribution in [2.45, 2.75) is 26.2 Å². The molecule has 2 rings (SSSR count). The standard InChI is InChI=1S/C16H20FNSi/c1-19(2,3)14-10-8-13(9-11-14)12-18-16-7-5-4-6-15(16)17/h4-11,18H,12H2,1-3H3. The maximum atomic E-state index is 13.5. The molecule has 0 aliphatic heterocycles. The van der Waals surface area contributed by atoms with Gasteiger partial charge in [-0.2, -0.15) is 0 Å². The molecule has 100 valence electrons. The highest BCUT2D eigenvalue weighted by Gasteiger charge is 2.15. The molecule has 0 fully saturated rings. The van der Waals surface area contributed by atoms with E-state index in [9.17, 15) is 4.39 Å². The van der Waals surface area contributed by atoms with Gasteiger partial charge in [-0.25, -0.2) is 4.39 Å². The van der Waals surface area contributed by atoms with E-state index in [0.29, 0.717) is 12.2 Å². The van der Waals surface area contributed by atoms with E-state index in [2.05, 4.69) is 49.2 Å². The lowest BCUT2D eigenvalue weighted by Crippen LogP contribution is -2.37. The van der Waals surface area contributed by atoms with Crippen molar-refractivity contribution in [3.8, 4) is 0 Å². The molecule has 0 unspecified atom stereocenters. The SMILES string of the molecule is C[Si](C)(C)c1ccc(CNc2ccccc2F)cc1. The van der Waals surface area contributed by atoms with Crippen molar-refractivity contribution < 1.29 is 4.39 Å². The molecule has 0 spiro atoms. The Bertz CT molecular complexity index is 543. The summed E-state index contributed by atoms with van der Waals surface area (Å²) in [6.07, 6.45) is 0. The van der Waals surface area contributed by atoms with E-state index in [4.69, 9.17) is 0 Å². The fourth-order valence-corrected chi connectivity index (χ4v) is 3.09. The largest absolute Gasteiger partial charge is 0.379 e. The number of halogens is 1. The zero-order valence-corrected chi connectivity index (χ0v) is 12.7. The van der Waals surface area contributed by atoms with Crippen LogP contribution in [0.2, 0.25) is 19.6 Å². The summed E-state index contributed by atoms with van der Waals surface area (Å²) >= 11 is 0. The summed E-state index contributed by atoms with van der Waals surface area (Å²) < 4.78 is 13.5. The van der Waals surface area contributed by atoms with Crippen LogP contribution in [-0.2, 0) is 6.54 Å². The lowest BCUT2D eigenvalue weighted by atomic mass is 10.2. The molecule has 2 aromatic rings. The first-order valence-electron chi connectivity index (χ1n) is 6.54. The maximum Gasteiger partial charge on any atom is 0.146 e. The zero-order valence-electron chi connectivity index (χ0n) is 11.7. The highest BCUT2D eigenvalue weighted by molar-refractivity contribution is 6.88. The third-order valence-electron chi connectivity index (χ3n) is 3.18. The van der Waals surface area contributed by atoms with Crippen LogP contribution in [0.5, 0.6) is 0 Å². The molecule has 0 aromatic heterocycles. The molecule has 0 amide bonds. The molecule has 0 radical (unpaired) electrons. The lowest BCUT2D eigenvalue weighted by molar-refractivity contribution is 0.630. The van der Waals surface area contributed by atoms with Crippen molar-refractivity contribution >= 4 is 18.9 Å². The number of para-hydroxylation sites is 1. The number of nitrogens with one attached hydrogen (secondary N) is 1. The third kappa shape index (κ3) is 3.67. The Morgan fingerprint density at radius 2 is 1.58 bits per heavy atom. The monoisotopic (exact) mass is 273 g/mol. The van der Waals surface area contributed by atoms with E-state index in [1.165, 1.54) is 16.8 Å². The molecule has 0 aliphatic rings. The molecule has 1 N–H and O–H groups in total. The Labute approximate surface area is 115 Å². The molecule has 0 heterocycles. The normalized spacial score (nSPS) is 11.4. The Kier molecular flexibility index (Phi) is 4.05. The predicted molar refractivity (Wildman–Crippen MR) is 83.1 cm³/mol. The van der Waals surface area contributed by atoms with Gasteiger partial charge in [-0.05, 0) is 17.7 Å². The van der Waals surface area contributed by atoms with Gasteiger partial charge in [-0.15, -0.1) is 0 Å². The molecule has 0 atom stereocenters. The predicted octanol–water partition coefficient (Wildman–Crippen LogP) is 3.98.